The number of hydrogen-bond donors (Lipinski definition) is 1. The lowest BCUT2D eigenvalue weighted by molar-refractivity contribution is -0.140. The van der Waals surface area contributed by atoms with E-state index in [1.165, 1.54) is 11.9 Å². The first-order chi connectivity index (χ1) is 12.5. The minimum Gasteiger partial charge on any atom is -0.324 e. The van der Waals surface area contributed by atoms with Crippen LogP contribution in [0.4, 0.5) is 5.69 Å². The third-order valence-electron chi connectivity index (χ3n) is 5.79. The average Bonchev–Trinajstić information content (AvgIpc) is 2.85. The summed E-state index contributed by atoms with van der Waals surface area (Å²) in [6.45, 7) is 1.98. The maximum Gasteiger partial charge on any atom is 0.233 e. The number of rotatable bonds is 2. The second-order valence-electron chi connectivity index (χ2n) is 7.35. The summed E-state index contributed by atoms with van der Waals surface area (Å²) < 4.78 is 0. The predicted octanol–water partition coefficient (Wildman–Crippen LogP) is 2.45. The molecular weight excluding hydrogens is 330 g/mol. The van der Waals surface area contributed by atoms with Crippen LogP contribution in [0.1, 0.15) is 19.8 Å². The van der Waals surface area contributed by atoms with Crippen LogP contribution >= 0.6 is 0 Å². The molecule has 1 aliphatic heterocycles. The Morgan fingerprint density at radius 3 is 2.77 bits per heavy atom. The predicted molar refractivity (Wildman–Crippen MR) is 97.0 cm³/mol. The van der Waals surface area contributed by atoms with Crippen LogP contribution in [-0.2, 0) is 14.4 Å². The lowest BCUT2D eigenvalue weighted by atomic mass is 9.67. The van der Waals surface area contributed by atoms with Gasteiger partial charge in [-0.2, -0.15) is 0 Å². The number of anilines is 1. The summed E-state index contributed by atoms with van der Waals surface area (Å²) in [5.74, 6) is -1.96. The molecule has 2 heterocycles. The Kier molecular flexibility index (Phi) is 3.98. The number of imide groups is 1. The first kappa shape index (κ1) is 16.7. The monoisotopic (exact) mass is 351 g/mol. The van der Waals surface area contributed by atoms with Gasteiger partial charge in [0.2, 0.25) is 17.7 Å². The first-order valence-electron chi connectivity index (χ1n) is 8.94. The molecule has 0 radical (unpaired) electrons. The van der Waals surface area contributed by atoms with Crippen molar-refractivity contribution in [1.29, 1.82) is 0 Å². The molecule has 26 heavy (non-hydrogen) atoms. The zero-order chi connectivity index (χ0) is 18.4. The Morgan fingerprint density at radius 2 is 1.96 bits per heavy atom. The van der Waals surface area contributed by atoms with Crippen molar-refractivity contribution < 1.29 is 14.4 Å². The van der Waals surface area contributed by atoms with E-state index in [0.717, 1.165) is 17.3 Å². The smallest absolute Gasteiger partial charge is 0.233 e. The number of fused-ring (bicyclic) bond motifs is 2. The molecule has 0 bridgehead atoms. The number of para-hydroxylation sites is 1. The number of nitrogens with one attached hydrogen (secondary N) is 1. The van der Waals surface area contributed by atoms with Crippen LogP contribution in [0.3, 0.4) is 0 Å². The van der Waals surface area contributed by atoms with Gasteiger partial charge in [0.25, 0.3) is 0 Å². The van der Waals surface area contributed by atoms with Crippen LogP contribution in [0.5, 0.6) is 0 Å². The summed E-state index contributed by atoms with van der Waals surface area (Å²) in [6.07, 6.45) is 3.06. The van der Waals surface area contributed by atoms with Gasteiger partial charge in [0.05, 0.1) is 35.2 Å². The number of carbonyl (C=O) groups excluding carboxylic acids is 3. The Labute approximate surface area is 151 Å². The van der Waals surface area contributed by atoms with Gasteiger partial charge in [-0.15, -0.1) is 0 Å². The second kappa shape index (κ2) is 6.20. The summed E-state index contributed by atoms with van der Waals surface area (Å²) >= 11 is 0. The van der Waals surface area contributed by atoms with Gasteiger partial charge >= 0.3 is 0 Å². The normalized spacial score (nSPS) is 28.3. The van der Waals surface area contributed by atoms with E-state index in [2.05, 4.69) is 10.3 Å². The summed E-state index contributed by atoms with van der Waals surface area (Å²) in [6, 6.07) is 9.55. The molecule has 4 atom stereocenters. The van der Waals surface area contributed by atoms with Gasteiger partial charge in [0.1, 0.15) is 0 Å². The second-order valence-corrected chi connectivity index (χ2v) is 7.35. The maximum atomic E-state index is 13.0. The van der Waals surface area contributed by atoms with Gasteiger partial charge in [-0.1, -0.05) is 25.1 Å². The molecular formula is C20H21N3O3. The minimum absolute atomic E-state index is 0.0490. The quantitative estimate of drug-likeness (QED) is 0.843. The Morgan fingerprint density at radius 1 is 1.19 bits per heavy atom. The van der Waals surface area contributed by atoms with Crippen LogP contribution < -0.4 is 5.32 Å². The summed E-state index contributed by atoms with van der Waals surface area (Å²) in [5.41, 5.74) is 1.46. The third-order valence-corrected chi connectivity index (χ3v) is 5.79. The molecule has 1 aromatic heterocycles. The van der Waals surface area contributed by atoms with Gasteiger partial charge < -0.3 is 5.32 Å². The highest BCUT2D eigenvalue weighted by Gasteiger charge is 2.54. The van der Waals surface area contributed by atoms with Crippen molar-refractivity contribution in [2.75, 3.05) is 12.4 Å². The minimum atomic E-state index is -0.551. The van der Waals surface area contributed by atoms with E-state index < -0.39 is 11.8 Å². The molecule has 134 valence electrons. The van der Waals surface area contributed by atoms with Crippen molar-refractivity contribution in [3.8, 4) is 0 Å². The highest BCUT2D eigenvalue weighted by atomic mass is 16.2. The van der Waals surface area contributed by atoms with Gasteiger partial charge in [-0.05, 0) is 30.9 Å². The molecule has 2 aromatic rings. The Bertz CT molecular complexity index is 910. The van der Waals surface area contributed by atoms with E-state index in [9.17, 15) is 14.4 Å². The van der Waals surface area contributed by atoms with Gasteiger partial charge in [0, 0.05) is 12.4 Å². The Balaban J connectivity index is 1.61. The van der Waals surface area contributed by atoms with Crippen LogP contribution in [0.25, 0.3) is 10.9 Å². The molecule has 4 rings (SSSR count). The number of benzene rings is 1. The number of nitrogens with zero attached hydrogens (tertiary/aromatic N) is 2. The number of pyridine rings is 1. The molecule has 3 amide bonds. The molecule has 2 aliphatic rings. The fourth-order valence-corrected chi connectivity index (χ4v) is 4.38. The van der Waals surface area contributed by atoms with E-state index in [1.807, 2.05) is 37.3 Å². The highest BCUT2D eigenvalue weighted by Crippen LogP contribution is 2.44. The summed E-state index contributed by atoms with van der Waals surface area (Å²) in [5, 5.41) is 3.85. The first-order valence-corrected chi connectivity index (χ1v) is 8.94. The van der Waals surface area contributed by atoms with Crippen molar-refractivity contribution in [3.05, 3.63) is 36.5 Å². The lowest BCUT2D eigenvalue weighted by Crippen LogP contribution is -2.43. The van der Waals surface area contributed by atoms with E-state index in [0.29, 0.717) is 12.1 Å². The molecule has 1 aromatic carbocycles. The highest BCUT2D eigenvalue weighted by molar-refractivity contribution is 6.08. The standard InChI is InChI=1S/C20H21N3O3/c1-11-7-8-14-17(20(26)23(2)19(14)25)16(11)18(24)22-13-9-12-5-3-4-6-15(12)21-10-13/h3-6,9-11,14,16-17H,7-8H2,1-2H3,(H,22,24)/t11-,14+,16-,17+/m1/s1. The number of hydrogen-bond acceptors (Lipinski definition) is 4. The van der Waals surface area contributed by atoms with E-state index in [-0.39, 0.29) is 29.6 Å². The lowest BCUT2D eigenvalue weighted by Gasteiger charge is -2.34. The van der Waals surface area contributed by atoms with Gasteiger partial charge in [0.15, 0.2) is 0 Å². The van der Waals surface area contributed by atoms with Crippen molar-refractivity contribution in [2.45, 2.75) is 19.8 Å². The molecule has 1 N–H and O–H groups in total. The van der Waals surface area contributed by atoms with Crippen molar-refractivity contribution in [3.63, 3.8) is 0 Å². The van der Waals surface area contributed by atoms with E-state index >= 15 is 0 Å². The number of carbonyl (C=O) groups is 3. The van der Waals surface area contributed by atoms with E-state index in [1.54, 1.807) is 6.20 Å². The molecule has 6 nitrogen and oxygen atoms in total. The SMILES string of the molecule is C[C@@H]1CC[C@@H]2C(=O)N(C)C(=O)[C@@H]2[C@@H]1C(=O)Nc1cnc2ccccc2c1. The van der Waals surface area contributed by atoms with Crippen molar-refractivity contribution in [2.24, 2.45) is 23.7 Å². The fraction of sp³-hybridized carbons (Fsp3) is 0.400. The van der Waals surface area contributed by atoms with Gasteiger partial charge in [-0.25, -0.2) is 0 Å². The number of aromatic nitrogens is 1. The fourth-order valence-electron chi connectivity index (χ4n) is 4.38. The number of amides is 3. The molecule has 1 aliphatic carbocycles. The van der Waals surface area contributed by atoms with Crippen molar-refractivity contribution >= 4 is 34.3 Å². The molecule has 1 saturated carbocycles. The molecule has 2 fully saturated rings. The molecule has 1 saturated heterocycles. The number of likely N-dealkylation sites (tertiary alicyclic amines) is 1. The van der Waals surface area contributed by atoms with Gasteiger partial charge in [-0.3, -0.25) is 24.3 Å². The van der Waals surface area contributed by atoms with Crippen LogP contribution in [0, 0.1) is 23.7 Å². The third kappa shape index (κ3) is 2.57. The largest absolute Gasteiger partial charge is 0.324 e. The average molecular weight is 351 g/mol. The van der Waals surface area contributed by atoms with Crippen LogP contribution in [0.2, 0.25) is 0 Å². The van der Waals surface area contributed by atoms with Crippen LogP contribution in [0.15, 0.2) is 36.5 Å². The summed E-state index contributed by atoms with van der Waals surface area (Å²) in [4.78, 5) is 43.4. The molecule has 6 heteroatoms. The molecule has 0 unspecified atom stereocenters. The van der Waals surface area contributed by atoms with Crippen molar-refractivity contribution in [1.82, 2.24) is 9.88 Å². The topological polar surface area (TPSA) is 79.4 Å². The maximum absolute atomic E-state index is 13.0. The molecule has 0 spiro atoms. The zero-order valence-electron chi connectivity index (χ0n) is 14.8. The van der Waals surface area contributed by atoms with Crippen LogP contribution in [-0.4, -0.2) is 34.7 Å². The Hall–Kier alpha value is -2.76. The zero-order valence-corrected chi connectivity index (χ0v) is 14.8. The summed E-state index contributed by atoms with van der Waals surface area (Å²) in [7, 11) is 1.51. The van der Waals surface area contributed by atoms with E-state index in [4.69, 9.17) is 0 Å².